The molecule has 3 nitrogen and oxygen atoms in total. The second-order valence-electron chi connectivity index (χ2n) is 7.96. The Morgan fingerprint density at radius 1 is 1.10 bits per heavy atom. The molecule has 108 valence electrons. The fourth-order valence-electron chi connectivity index (χ4n) is 5.62. The molecule has 3 N–H and O–H groups in total. The van der Waals surface area contributed by atoms with E-state index in [9.17, 15) is 5.11 Å². The number of piperidine rings is 2. The Morgan fingerprint density at radius 2 is 1.65 bits per heavy atom. The number of halogens is 1. The smallest absolute Gasteiger partial charge is 0.243 e. The first-order chi connectivity index (χ1) is 9.38. The first-order valence-corrected chi connectivity index (χ1v) is 8.35. The molecule has 4 fully saturated rings. The van der Waals surface area contributed by atoms with Crippen molar-refractivity contribution in [3.8, 4) is 5.75 Å². The van der Waals surface area contributed by atoms with Crippen LogP contribution in [0.2, 0.25) is 0 Å². The zero-order valence-electron chi connectivity index (χ0n) is 12.2. The molecule has 0 unspecified atom stereocenters. The van der Waals surface area contributed by atoms with E-state index in [0.29, 0.717) is 22.7 Å². The van der Waals surface area contributed by atoms with Crippen LogP contribution in [0, 0.1) is 10.8 Å². The van der Waals surface area contributed by atoms with Crippen LogP contribution in [0.1, 0.15) is 32.0 Å². The molecule has 4 heteroatoms. The van der Waals surface area contributed by atoms with Crippen LogP contribution in [0.25, 0.3) is 0 Å². The normalized spacial score (nSPS) is 45.9. The van der Waals surface area contributed by atoms with Crippen molar-refractivity contribution in [2.24, 2.45) is 10.8 Å². The largest absolute Gasteiger partial charge is 0.507 e. The molecule has 0 aliphatic carbocycles. The second kappa shape index (κ2) is 3.99. The third-order valence-corrected chi connectivity index (χ3v) is 6.08. The van der Waals surface area contributed by atoms with E-state index < -0.39 is 0 Å². The van der Waals surface area contributed by atoms with Crippen LogP contribution in [0.5, 0.6) is 5.75 Å². The van der Waals surface area contributed by atoms with Gasteiger partial charge in [-0.3, -0.25) is 9.80 Å². The maximum Gasteiger partial charge on any atom is 0.243 e. The highest BCUT2D eigenvalue weighted by Gasteiger charge is 2.63. The van der Waals surface area contributed by atoms with E-state index in [4.69, 9.17) is 0 Å². The van der Waals surface area contributed by atoms with Crippen molar-refractivity contribution in [2.45, 2.75) is 26.4 Å². The fourth-order valence-corrected chi connectivity index (χ4v) is 5.97. The molecule has 0 amide bonds. The van der Waals surface area contributed by atoms with Crippen LogP contribution < -0.4 is 9.80 Å². The van der Waals surface area contributed by atoms with Gasteiger partial charge in [-0.25, -0.2) is 0 Å². The molecule has 4 aliphatic heterocycles. The van der Waals surface area contributed by atoms with E-state index in [1.54, 1.807) is 9.80 Å². The van der Waals surface area contributed by atoms with E-state index in [0.717, 1.165) is 10.0 Å². The van der Waals surface area contributed by atoms with E-state index in [1.165, 1.54) is 32.6 Å². The first kappa shape index (κ1) is 13.1. The van der Waals surface area contributed by atoms with E-state index in [-0.39, 0.29) is 0 Å². The lowest BCUT2D eigenvalue weighted by molar-refractivity contribution is -1.18. The van der Waals surface area contributed by atoms with Crippen molar-refractivity contribution in [3.63, 3.8) is 0 Å². The number of phenols is 1. The van der Waals surface area contributed by atoms with E-state index in [2.05, 4.69) is 41.9 Å². The molecule has 4 saturated heterocycles. The third-order valence-electron chi connectivity index (χ3n) is 5.59. The van der Waals surface area contributed by atoms with Gasteiger partial charge in [-0.2, -0.15) is 0 Å². The summed E-state index contributed by atoms with van der Waals surface area (Å²) in [7, 11) is 0. The van der Waals surface area contributed by atoms with Gasteiger partial charge in [0.25, 0.3) is 0 Å². The average molecular weight is 339 g/mol. The van der Waals surface area contributed by atoms with E-state index >= 15 is 0 Å². The van der Waals surface area contributed by atoms with Gasteiger partial charge in [0.1, 0.15) is 11.3 Å². The second-order valence-corrected chi connectivity index (χ2v) is 8.87. The summed E-state index contributed by atoms with van der Waals surface area (Å²) in [4.78, 5) is 3.35. The number of phenolic OH excluding ortho intramolecular Hbond substituents is 1. The monoisotopic (exact) mass is 338 g/mol. The fraction of sp³-hybridized carbons (Fsp3) is 0.625. The molecule has 0 aromatic heterocycles. The highest BCUT2D eigenvalue weighted by atomic mass is 79.9. The van der Waals surface area contributed by atoms with Crippen LogP contribution in [-0.4, -0.2) is 31.3 Å². The SMILES string of the molecule is CC12C[NH+]3CC(C)(C[NH+](C1)C3c1ccc(Br)cc1O)C2. The number of benzene rings is 1. The predicted molar refractivity (Wildman–Crippen MR) is 80.8 cm³/mol. The summed E-state index contributed by atoms with van der Waals surface area (Å²) in [6.07, 6.45) is 1.80. The number of nitrogens with one attached hydrogen (secondary N) is 2. The summed E-state index contributed by atoms with van der Waals surface area (Å²) in [6, 6.07) is 6.01. The molecule has 0 atom stereocenters. The number of hydrogen-bond donors (Lipinski definition) is 3. The summed E-state index contributed by atoms with van der Waals surface area (Å²) in [5.41, 5.74) is 2.12. The predicted octanol–water partition coefficient (Wildman–Crippen LogP) is 0.367. The molecule has 1 aromatic rings. The van der Waals surface area contributed by atoms with E-state index in [1.807, 2.05) is 6.07 Å². The number of hydrogen-bond acceptors (Lipinski definition) is 1. The summed E-state index contributed by atoms with van der Waals surface area (Å²) in [5, 5.41) is 10.3. The van der Waals surface area contributed by atoms with Crippen molar-refractivity contribution < 1.29 is 14.9 Å². The van der Waals surface area contributed by atoms with Crippen molar-refractivity contribution in [2.75, 3.05) is 26.2 Å². The minimum absolute atomic E-state index is 0.421. The quantitative estimate of drug-likeness (QED) is 0.678. The van der Waals surface area contributed by atoms with Gasteiger partial charge in [0.2, 0.25) is 6.17 Å². The lowest BCUT2D eigenvalue weighted by Crippen LogP contribution is -3.40. The minimum atomic E-state index is 0.421. The van der Waals surface area contributed by atoms with Crippen LogP contribution in [0.15, 0.2) is 22.7 Å². The molecule has 0 spiro atoms. The lowest BCUT2D eigenvalue weighted by atomic mass is 9.63. The average Bonchev–Trinajstić information content (AvgIpc) is 2.27. The number of aromatic hydroxyl groups is 1. The Kier molecular flexibility index (Phi) is 2.62. The first-order valence-electron chi connectivity index (χ1n) is 7.55. The zero-order chi connectivity index (χ0) is 14.1. The molecule has 4 heterocycles. The third kappa shape index (κ3) is 1.85. The Hall–Kier alpha value is -0.580. The van der Waals surface area contributed by atoms with Gasteiger partial charge in [0.05, 0.1) is 37.0 Å². The highest BCUT2D eigenvalue weighted by molar-refractivity contribution is 9.10. The highest BCUT2D eigenvalue weighted by Crippen LogP contribution is 2.40. The Labute approximate surface area is 128 Å². The van der Waals surface area contributed by atoms with Crippen molar-refractivity contribution >= 4 is 15.9 Å². The zero-order valence-corrected chi connectivity index (χ0v) is 13.8. The van der Waals surface area contributed by atoms with Gasteiger partial charge in [0, 0.05) is 4.47 Å². The summed E-state index contributed by atoms with van der Waals surface area (Å²) >= 11 is 3.44. The maximum atomic E-state index is 10.3. The molecule has 0 saturated carbocycles. The van der Waals surface area contributed by atoms with Crippen LogP contribution in [-0.2, 0) is 0 Å². The van der Waals surface area contributed by atoms with Gasteiger partial charge in [-0.1, -0.05) is 15.9 Å². The molecule has 4 aliphatic rings. The Morgan fingerprint density at radius 3 is 2.15 bits per heavy atom. The molecule has 1 aromatic carbocycles. The van der Waals surface area contributed by atoms with Crippen molar-refractivity contribution in [1.82, 2.24) is 0 Å². The minimum Gasteiger partial charge on any atom is -0.507 e. The summed E-state index contributed by atoms with van der Waals surface area (Å²) < 4.78 is 0.955. The molecular weight excluding hydrogens is 316 g/mol. The van der Waals surface area contributed by atoms with Gasteiger partial charge in [0.15, 0.2) is 0 Å². The van der Waals surface area contributed by atoms with Gasteiger partial charge in [-0.05, 0) is 38.5 Å². The number of quaternary nitrogens is 2. The number of rotatable bonds is 1. The van der Waals surface area contributed by atoms with Crippen LogP contribution in [0.4, 0.5) is 0 Å². The molecular formula is C16H23BrN2O+2. The maximum absolute atomic E-state index is 10.3. The summed E-state index contributed by atoms with van der Waals surface area (Å²) in [6.45, 7) is 9.94. The van der Waals surface area contributed by atoms with Crippen LogP contribution in [0.3, 0.4) is 0 Å². The Balaban J connectivity index is 1.74. The van der Waals surface area contributed by atoms with Gasteiger partial charge < -0.3 is 5.11 Å². The van der Waals surface area contributed by atoms with Gasteiger partial charge in [-0.15, -0.1) is 0 Å². The molecule has 4 bridgehead atoms. The molecule has 5 rings (SSSR count). The molecule has 20 heavy (non-hydrogen) atoms. The van der Waals surface area contributed by atoms with Crippen LogP contribution >= 0.6 is 15.9 Å². The Bertz CT molecular complexity index is 538. The van der Waals surface area contributed by atoms with Gasteiger partial charge >= 0.3 is 0 Å². The summed E-state index contributed by atoms with van der Waals surface area (Å²) in [5.74, 6) is 0.451. The topological polar surface area (TPSA) is 29.1 Å². The van der Waals surface area contributed by atoms with Crippen molar-refractivity contribution in [1.29, 1.82) is 0 Å². The standard InChI is InChI=1S/C16H21BrN2O/c1-15-6-16(2)9-18(7-15)14(19(8-15)10-16)12-4-3-11(17)5-13(12)20/h3-5,14,20H,6-10H2,1-2H3/p+2. The van der Waals surface area contributed by atoms with Crippen molar-refractivity contribution in [3.05, 3.63) is 28.2 Å². The molecule has 0 radical (unpaired) electrons. The lowest BCUT2D eigenvalue weighted by Gasteiger charge is -2.60.